The topological polar surface area (TPSA) is 80.5 Å². The molecule has 0 fully saturated rings. The van der Waals surface area contributed by atoms with Crippen LogP contribution in [0.1, 0.15) is 15.9 Å². The van der Waals surface area contributed by atoms with Crippen molar-refractivity contribution in [3.8, 4) is 11.8 Å². The van der Waals surface area contributed by atoms with Crippen LogP contribution in [0.5, 0.6) is 0 Å². The number of likely N-dealkylation sites (N-methyl/N-ethyl adjacent to an activating group) is 1. The molecule has 0 unspecified atom stereocenters. The monoisotopic (exact) mass is 290 g/mol. The first-order valence-electron chi connectivity index (χ1n) is 6.77. The van der Waals surface area contributed by atoms with Crippen LogP contribution in [0.2, 0.25) is 0 Å². The molecule has 0 aliphatic rings. The molecule has 1 amide bonds. The van der Waals surface area contributed by atoms with Gasteiger partial charge >= 0.3 is 0 Å². The number of rotatable bonds is 7. The van der Waals surface area contributed by atoms with Gasteiger partial charge in [0.05, 0.1) is 24.3 Å². The van der Waals surface area contributed by atoms with Gasteiger partial charge in [0.15, 0.2) is 0 Å². The van der Waals surface area contributed by atoms with Crippen LogP contribution in [-0.4, -0.2) is 62.7 Å². The van der Waals surface area contributed by atoms with Crippen LogP contribution in [-0.2, 0) is 4.74 Å². The number of pyridine rings is 1. The number of carbonyl (C=O) groups is 1. The molecule has 0 atom stereocenters. The Morgan fingerprint density at radius 2 is 2.33 bits per heavy atom. The highest BCUT2D eigenvalue weighted by molar-refractivity contribution is 5.96. The minimum absolute atomic E-state index is 0.154. The maximum atomic E-state index is 12.1. The van der Waals surface area contributed by atoms with E-state index in [1.54, 1.807) is 25.6 Å². The quantitative estimate of drug-likeness (QED) is 0.674. The second kappa shape index (κ2) is 9.88. The minimum atomic E-state index is -0.154. The van der Waals surface area contributed by atoms with Gasteiger partial charge in [0, 0.05) is 39.1 Å². The second-order valence-electron chi connectivity index (χ2n) is 4.48. The van der Waals surface area contributed by atoms with Gasteiger partial charge < -0.3 is 20.7 Å². The molecule has 0 spiro atoms. The van der Waals surface area contributed by atoms with Gasteiger partial charge in [-0.15, -0.1) is 0 Å². The van der Waals surface area contributed by atoms with Gasteiger partial charge in [0.1, 0.15) is 0 Å². The van der Waals surface area contributed by atoms with Crippen molar-refractivity contribution in [2.45, 2.75) is 0 Å². The summed E-state index contributed by atoms with van der Waals surface area (Å²) in [4.78, 5) is 18.2. The van der Waals surface area contributed by atoms with E-state index in [-0.39, 0.29) is 12.5 Å². The van der Waals surface area contributed by atoms with Crippen LogP contribution in [0.3, 0.4) is 0 Å². The Balaban J connectivity index is 2.52. The van der Waals surface area contributed by atoms with Crippen molar-refractivity contribution in [3.05, 3.63) is 29.6 Å². The van der Waals surface area contributed by atoms with Gasteiger partial charge in [-0.25, -0.2) is 0 Å². The van der Waals surface area contributed by atoms with Crippen LogP contribution < -0.4 is 11.1 Å². The third-order valence-corrected chi connectivity index (χ3v) is 2.85. The fraction of sp³-hybridized carbons (Fsp3) is 0.467. The Bertz CT molecular complexity index is 508. The molecule has 0 aromatic carbocycles. The molecule has 0 bridgehead atoms. The van der Waals surface area contributed by atoms with E-state index in [9.17, 15) is 4.79 Å². The smallest absolute Gasteiger partial charge is 0.252 e. The number of aromatic nitrogens is 1. The summed E-state index contributed by atoms with van der Waals surface area (Å²) in [5.41, 5.74) is 6.46. The first kappa shape index (κ1) is 17.1. The fourth-order valence-corrected chi connectivity index (χ4v) is 1.65. The van der Waals surface area contributed by atoms with E-state index in [1.807, 2.05) is 7.05 Å². The standard InChI is InChI=1S/C15H22N4O2/c1-19(10-11-21-2)9-8-18-15(20)14-5-7-17-12-13(14)4-3-6-16/h5,7,12H,6,8-11,16H2,1-2H3,(H,18,20). The number of nitrogens with one attached hydrogen (secondary N) is 1. The van der Waals surface area contributed by atoms with Crippen LogP contribution >= 0.6 is 0 Å². The van der Waals surface area contributed by atoms with Gasteiger partial charge in [-0.3, -0.25) is 9.78 Å². The number of nitrogens with two attached hydrogens (primary N) is 1. The summed E-state index contributed by atoms with van der Waals surface area (Å²) >= 11 is 0. The highest BCUT2D eigenvalue weighted by Crippen LogP contribution is 2.04. The van der Waals surface area contributed by atoms with Gasteiger partial charge in [-0.05, 0) is 13.1 Å². The van der Waals surface area contributed by atoms with E-state index < -0.39 is 0 Å². The van der Waals surface area contributed by atoms with Crippen LogP contribution in [0.4, 0.5) is 0 Å². The van der Waals surface area contributed by atoms with E-state index >= 15 is 0 Å². The maximum absolute atomic E-state index is 12.1. The summed E-state index contributed by atoms with van der Waals surface area (Å²) < 4.78 is 5.00. The average Bonchev–Trinajstić information content (AvgIpc) is 2.51. The second-order valence-corrected chi connectivity index (χ2v) is 4.48. The van der Waals surface area contributed by atoms with Gasteiger partial charge in [-0.2, -0.15) is 0 Å². The zero-order chi connectivity index (χ0) is 15.5. The molecule has 0 aliphatic carbocycles. The first-order valence-corrected chi connectivity index (χ1v) is 6.77. The summed E-state index contributed by atoms with van der Waals surface area (Å²) in [5, 5.41) is 2.87. The number of hydrogen-bond acceptors (Lipinski definition) is 5. The van der Waals surface area contributed by atoms with Crippen molar-refractivity contribution in [1.29, 1.82) is 0 Å². The lowest BCUT2D eigenvalue weighted by Gasteiger charge is -2.16. The molecular formula is C15H22N4O2. The van der Waals surface area contributed by atoms with Gasteiger partial charge in [0.25, 0.3) is 5.91 Å². The van der Waals surface area contributed by atoms with Crippen LogP contribution in [0.15, 0.2) is 18.5 Å². The van der Waals surface area contributed by atoms with Crippen molar-refractivity contribution < 1.29 is 9.53 Å². The molecule has 0 aliphatic heterocycles. The number of hydrogen-bond donors (Lipinski definition) is 2. The summed E-state index contributed by atoms with van der Waals surface area (Å²) in [7, 11) is 3.65. The van der Waals surface area contributed by atoms with E-state index in [0.29, 0.717) is 24.3 Å². The number of carbonyl (C=O) groups excluding carboxylic acids is 1. The Hall–Kier alpha value is -1.94. The predicted molar refractivity (Wildman–Crippen MR) is 81.9 cm³/mol. The minimum Gasteiger partial charge on any atom is -0.383 e. The first-order chi connectivity index (χ1) is 10.2. The zero-order valence-electron chi connectivity index (χ0n) is 12.6. The fourth-order valence-electron chi connectivity index (χ4n) is 1.65. The molecule has 3 N–H and O–H groups in total. The molecule has 0 saturated carbocycles. The van der Waals surface area contributed by atoms with E-state index in [0.717, 1.165) is 13.1 Å². The maximum Gasteiger partial charge on any atom is 0.252 e. The lowest BCUT2D eigenvalue weighted by Crippen LogP contribution is -2.34. The Morgan fingerprint density at radius 1 is 1.52 bits per heavy atom. The normalized spacial score (nSPS) is 10.1. The largest absolute Gasteiger partial charge is 0.383 e. The third-order valence-electron chi connectivity index (χ3n) is 2.85. The zero-order valence-corrected chi connectivity index (χ0v) is 12.6. The van der Waals surface area contributed by atoms with Crippen molar-refractivity contribution in [2.24, 2.45) is 5.73 Å². The molecular weight excluding hydrogens is 268 g/mol. The van der Waals surface area contributed by atoms with Crippen molar-refractivity contribution in [2.75, 3.05) is 46.9 Å². The molecule has 0 saturated heterocycles. The molecule has 1 heterocycles. The molecule has 0 radical (unpaired) electrons. The number of ether oxygens (including phenoxy) is 1. The van der Waals surface area contributed by atoms with E-state index in [1.165, 1.54) is 0 Å². The summed E-state index contributed by atoms with van der Waals surface area (Å²) in [6.45, 7) is 3.07. The predicted octanol–water partition coefficient (Wildman–Crippen LogP) is -0.300. The lowest BCUT2D eigenvalue weighted by atomic mass is 10.1. The van der Waals surface area contributed by atoms with Gasteiger partial charge in [-0.1, -0.05) is 11.8 Å². The van der Waals surface area contributed by atoms with Crippen molar-refractivity contribution >= 4 is 5.91 Å². The highest BCUT2D eigenvalue weighted by Gasteiger charge is 2.09. The number of nitrogens with zero attached hydrogens (tertiary/aromatic N) is 2. The Labute approximate surface area is 125 Å². The molecule has 6 nitrogen and oxygen atoms in total. The SMILES string of the molecule is COCCN(C)CCNC(=O)c1ccncc1C#CCN. The molecule has 21 heavy (non-hydrogen) atoms. The molecule has 1 aromatic rings. The third kappa shape index (κ3) is 6.36. The van der Waals surface area contributed by atoms with Crippen molar-refractivity contribution in [1.82, 2.24) is 15.2 Å². The lowest BCUT2D eigenvalue weighted by molar-refractivity contribution is 0.0947. The molecule has 114 valence electrons. The van der Waals surface area contributed by atoms with Crippen molar-refractivity contribution in [3.63, 3.8) is 0 Å². The molecule has 1 rings (SSSR count). The molecule has 6 heteroatoms. The Morgan fingerprint density at radius 3 is 3.05 bits per heavy atom. The Kier molecular flexibility index (Phi) is 8.05. The van der Waals surface area contributed by atoms with E-state index in [4.69, 9.17) is 10.5 Å². The summed E-state index contributed by atoms with van der Waals surface area (Å²) in [5.74, 6) is 5.43. The number of methoxy groups -OCH3 is 1. The highest BCUT2D eigenvalue weighted by atomic mass is 16.5. The summed E-state index contributed by atoms with van der Waals surface area (Å²) in [6, 6.07) is 1.66. The van der Waals surface area contributed by atoms with E-state index in [2.05, 4.69) is 27.0 Å². The average molecular weight is 290 g/mol. The van der Waals surface area contributed by atoms with Crippen LogP contribution in [0, 0.1) is 11.8 Å². The summed E-state index contributed by atoms with van der Waals surface area (Å²) in [6.07, 6.45) is 3.15. The van der Waals surface area contributed by atoms with Crippen LogP contribution in [0.25, 0.3) is 0 Å². The molecule has 1 aromatic heterocycles. The number of amides is 1. The van der Waals surface area contributed by atoms with Gasteiger partial charge in [0.2, 0.25) is 0 Å².